The van der Waals surface area contributed by atoms with Gasteiger partial charge in [-0.05, 0) is 0 Å². The van der Waals surface area contributed by atoms with E-state index in [0.717, 1.165) is 0 Å². The lowest BCUT2D eigenvalue weighted by Crippen LogP contribution is -2.18. The molecule has 0 saturated heterocycles. The second kappa shape index (κ2) is 3.43. The molecule has 0 atom stereocenters. The van der Waals surface area contributed by atoms with Crippen LogP contribution in [0.2, 0.25) is 0 Å². The van der Waals surface area contributed by atoms with Crippen molar-refractivity contribution in [3.8, 4) is 0 Å². The van der Waals surface area contributed by atoms with Gasteiger partial charge in [-0.15, -0.1) is 0 Å². The molecule has 0 N–H and O–H groups in total. The van der Waals surface area contributed by atoms with Crippen molar-refractivity contribution >= 4 is 5.90 Å². The first-order valence-electron chi connectivity index (χ1n) is 2.58. The summed E-state index contributed by atoms with van der Waals surface area (Å²) in [5, 5.41) is 0. The first kappa shape index (κ1) is 9.26. The molecule has 0 fully saturated rings. The number of aliphatic imine (C=N–C) groups is 1. The Hall–Kier alpha value is -0.740. The Morgan fingerprint density at radius 3 is 2.30 bits per heavy atom. The maximum atomic E-state index is 11.4. The van der Waals surface area contributed by atoms with Gasteiger partial charge in [0.2, 0.25) is 0 Å². The van der Waals surface area contributed by atoms with Gasteiger partial charge in [0.1, 0.15) is 0 Å². The molecule has 2 nitrogen and oxygen atoms in total. The number of ether oxygens (including phenoxy) is 1. The van der Waals surface area contributed by atoms with Gasteiger partial charge in [0, 0.05) is 14.0 Å². The van der Waals surface area contributed by atoms with E-state index in [-0.39, 0.29) is 5.90 Å². The van der Waals surface area contributed by atoms with Gasteiger partial charge in [0.05, 0.1) is 0 Å². The lowest BCUT2D eigenvalue weighted by Gasteiger charge is -2.06. The highest BCUT2D eigenvalue weighted by Crippen LogP contribution is 2.14. The van der Waals surface area contributed by atoms with E-state index in [1.54, 1.807) is 0 Å². The zero-order valence-electron chi connectivity index (χ0n) is 5.70. The Balaban J connectivity index is 3.56. The SMILES string of the molecule is CN=C(C)OCC(F)(F)F. The first-order valence-corrected chi connectivity index (χ1v) is 2.58. The van der Waals surface area contributed by atoms with Crippen molar-refractivity contribution < 1.29 is 17.9 Å². The van der Waals surface area contributed by atoms with Gasteiger partial charge in [0.15, 0.2) is 12.5 Å². The predicted octanol–water partition coefficient (Wildman–Crippen LogP) is 1.61. The van der Waals surface area contributed by atoms with Crippen LogP contribution >= 0.6 is 0 Å². The average Bonchev–Trinajstić information content (AvgIpc) is 1.81. The molecule has 0 unspecified atom stereocenters. The van der Waals surface area contributed by atoms with E-state index in [1.165, 1.54) is 14.0 Å². The molecule has 0 aromatic rings. The quantitative estimate of drug-likeness (QED) is 0.416. The highest BCUT2D eigenvalue weighted by atomic mass is 19.4. The third-order valence-corrected chi connectivity index (χ3v) is 0.760. The van der Waals surface area contributed by atoms with Crippen LogP contribution in [0.1, 0.15) is 6.92 Å². The zero-order chi connectivity index (χ0) is 8.20. The Morgan fingerprint density at radius 2 is 2.00 bits per heavy atom. The molecular weight excluding hydrogens is 147 g/mol. The number of halogens is 3. The van der Waals surface area contributed by atoms with Crippen molar-refractivity contribution in [2.75, 3.05) is 13.7 Å². The van der Waals surface area contributed by atoms with E-state index in [2.05, 4.69) is 9.73 Å². The van der Waals surface area contributed by atoms with Crippen LogP contribution in [0, 0.1) is 0 Å². The van der Waals surface area contributed by atoms with E-state index in [4.69, 9.17) is 0 Å². The fourth-order valence-corrected chi connectivity index (χ4v) is 0.251. The van der Waals surface area contributed by atoms with E-state index >= 15 is 0 Å². The summed E-state index contributed by atoms with van der Waals surface area (Å²) in [5.74, 6) is 0.0392. The van der Waals surface area contributed by atoms with Crippen molar-refractivity contribution in [2.24, 2.45) is 4.99 Å². The van der Waals surface area contributed by atoms with Crippen LogP contribution in [0.25, 0.3) is 0 Å². The van der Waals surface area contributed by atoms with E-state index in [1.807, 2.05) is 0 Å². The van der Waals surface area contributed by atoms with Gasteiger partial charge >= 0.3 is 6.18 Å². The number of hydrogen-bond acceptors (Lipinski definition) is 2. The smallest absolute Gasteiger partial charge is 0.422 e. The predicted molar refractivity (Wildman–Crippen MR) is 31.0 cm³/mol. The minimum Gasteiger partial charge on any atom is -0.472 e. The topological polar surface area (TPSA) is 21.6 Å². The number of rotatable bonds is 1. The van der Waals surface area contributed by atoms with Crippen LogP contribution < -0.4 is 0 Å². The average molecular weight is 155 g/mol. The molecule has 0 aliphatic rings. The summed E-state index contributed by atoms with van der Waals surface area (Å²) in [4.78, 5) is 3.39. The molecule has 0 amide bonds. The van der Waals surface area contributed by atoms with Crippen molar-refractivity contribution in [2.45, 2.75) is 13.1 Å². The van der Waals surface area contributed by atoms with Crippen molar-refractivity contribution in [1.82, 2.24) is 0 Å². The molecule has 0 rings (SSSR count). The lowest BCUT2D eigenvalue weighted by molar-refractivity contribution is -0.156. The van der Waals surface area contributed by atoms with Gasteiger partial charge in [-0.2, -0.15) is 13.2 Å². The fraction of sp³-hybridized carbons (Fsp3) is 0.800. The largest absolute Gasteiger partial charge is 0.472 e. The number of hydrogen-bond donors (Lipinski definition) is 0. The molecule has 0 bridgehead atoms. The van der Waals surface area contributed by atoms with Crippen LogP contribution in [0.15, 0.2) is 4.99 Å². The van der Waals surface area contributed by atoms with Gasteiger partial charge in [-0.25, -0.2) is 0 Å². The molecule has 0 aromatic heterocycles. The van der Waals surface area contributed by atoms with E-state index in [0.29, 0.717) is 0 Å². The first-order chi connectivity index (χ1) is 4.45. The third-order valence-electron chi connectivity index (χ3n) is 0.760. The van der Waals surface area contributed by atoms with Crippen LogP contribution in [-0.2, 0) is 4.74 Å². The van der Waals surface area contributed by atoms with E-state index in [9.17, 15) is 13.2 Å². The summed E-state index contributed by atoms with van der Waals surface area (Å²) in [7, 11) is 1.37. The molecule has 0 saturated carbocycles. The van der Waals surface area contributed by atoms with Gasteiger partial charge in [-0.1, -0.05) is 0 Å². The standard InChI is InChI=1S/C5H8F3NO/c1-4(9-2)10-3-5(6,7)8/h3H2,1-2H3. The summed E-state index contributed by atoms with van der Waals surface area (Å²) in [6, 6.07) is 0. The second-order valence-electron chi connectivity index (χ2n) is 1.65. The molecule has 0 radical (unpaired) electrons. The summed E-state index contributed by atoms with van der Waals surface area (Å²) in [5.41, 5.74) is 0. The van der Waals surface area contributed by atoms with Gasteiger partial charge in [-0.3, -0.25) is 4.99 Å². The Labute approximate surface area is 56.7 Å². The van der Waals surface area contributed by atoms with Crippen molar-refractivity contribution in [3.05, 3.63) is 0 Å². The van der Waals surface area contributed by atoms with Gasteiger partial charge in [0.25, 0.3) is 0 Å². The molecule has 0 spiro atoms. The molecule has 10 heavy (non-hydrogen) atoms. The second-order valence-corrected chi connectivity index (χ2v) is 1.65. The Kier molecular flexibility index (Phi) is 3.18. The summed E-state index contributed by atoms with van der Waals surface area (Å²) in [6.07, 6.45) is -4.27. The minimum absolute atomic E-state index is 0.0392. The highest BCUT2D eigenvalue weighted by Gasteiger charge is 2.28. The Morgan fingerprint density at radius 1 is 1.50 bits per heavy atom. The lowest BCUT2D eigenvalue weighted by atomic mass is 10.7. The number of alkyl halides is 3. The van der Waals surface area contributed by atoms with Crippen LogP contribution in [0.3, 0.4) is 0 Å². The van der Waals surface area contributed by atoms with E-state index < -0.39 is 12.8 Å². The monoisotopic (exact) mass is 155 g/mol. The van der Waals surface area contributed by atoms with Crippen LogP contribution in [-0.4, -0.2) is 25.7 Å². The molecule has 0 aromatic carbocycles. The molecular formula is C5H8F3NO. The zero-order valence-corrected chi connectivity index (χ0v) is 5.70. The molecule has 0 aliphatic heterocycles. The number of nitrogens with zero attached hydrogens (tertiary/aromatic N) is 1. The van der Waals surface area contributed by atoms with Crippen LogP contribution in [0.5, 0.6) is 0 Å². The molecule has 0 aliphatic carbocycles. The van der Waals surface area contributed by atoms with Crippen molar-refractivity contribution in [3.63, 3.8) is 0 Å². The summed E-state index contributed by atoms with van der Waals surface area (Å²) < 4.78 is 38.3. The minimum atomic E-state index is -4.27. The van der Waals surface area contributed by atoms with Crippen molar-refractivity contribution in [1.29, 1.82) is 0 Å². The third kappa shape index (κ3) is 5.40. The normalized spacial score (nSPS) is 13.5. The maximum Gasteiger partial charge on any atom is 0.422 e. The van der Waals surface area contributed by atoms with Gasteiger partial charge < -0.3 is 4.74 Å². The summed E-state index contributed by atoms with van der Waals surface area (Å²) in [6.45, 7) is 0.0991. The molecule has 0 heterocycles. The maximum absolute atomic E-state index is 11.4. The summed E-state index contributed by atoms with van der Waals surface area (Å²) >= 11 is 0. The highest BCUT2D eigenvalue weighted by molar-refractivity contribution is 5.72. The van der Waals surface area contributed by atoms with Crippen LogP contribution in [0.4, 0.5) is 13.2 Å². The fourth-order valence-electron chi connectivity index (χ4n) is 0.251. The Bertz CT molecular complexity index is 129. The molecule has 60 valence electrons. The molecule has 5 heteroatoms.